The Balaban J connectivity index is 2.84. The van der Waals surface area contributed by atoms with E-state index in [0.29, 0.717) is 9.86 Å². The lowest BCUT2D eigenvalue weighted by Crippen LogP contribution is -1.84. The van der Waals surface area contributed by atoms with Gasteiger partial charge < -0.3 is 9.52 Å². The molecule has 0 aliphatic rings. The number of rotatable bonds is 1. The van der Waals surface area contributed by atoms with E-state index in [0.717, 1.165) is 6.07 Å². The Bertz CT molecular complexity index is 493. The van der Waals surface area contributed by atoms with Crippen molar-refractivity contribution in [1.82, 2.24) is 0 Å². The maximum Gasteiger partial charge on any atom is 0.201 e. The van der Waals surface area contributed by atoms with Gasteiger partial charge in [0, 0.05) is 9.86 Å². The SMILES string of the molecule is OCc1cc2c(Br)cc(F)c(F)c2o1. The highest BCUT2D eigenvalue weighted by Crippen LogP contribution is 2.31. The lowest BCUT2D eigenvalue weighted by atomic mass is 10.2. The second kappa shape index (κ2) is 3.33. The van der Waals surface area contributed by atoms with Gasteiger partial charge >= 0.3 is 0 Å². The zero-order valence-electron chi connectivity index (χ0n) is 6.85. The molecule has 0 atom stereocenters. The molecule has 0 saturated carbocycles. The quantitative estimate of drug-likeness (QED) is 0.802. The number of hydrogen-bond donors (Lipinski definition) is 1. The Morgan fingerprint density at radius 1 is 1.36 bits per heavy atom. The molecule has 1 aromatic heterocycles. The molecule has 0 amide bonds. The second-order valence-electron chi connectivity index (χ2n) is 2.77. The summed E-state index contributed by atoms with van der Waals surface area (Å²) in [5.41, 5.74) is -0.180. The minimum absolute atomic E-state index is 0.180. The van der Waals surface area contributed by atoms with Gasteiger partial charge in [0.05, 0.1) is 0 Å². The van der Waals surface area contributed by atoms with Gasteiger partial charge in [-0.25, -0.2) is 4.39 Å². The number of hydrogen-bond acceptors (Lipinski definition) is 2. The lowest BCUT2D eigenvalue weighted by molar-refractivity contribution is 0.250. The van der Waals surface area contributed by atoms with Crippen molar-refractivity contribution in [2.75, 3.05) is 0 Å². The molecule has 2 nitrogen and oxygen atoms in total. The van der Waals surface area contributed by atoms with Crippen LogP contribution in [0.2, 0.25) is 0 Å². The van der Waals surface area contributed by atoms with E-state index in [1.807, 2.05) is 0 Å². The van der Waals surface area contributed by atoms with Gasteiger partial charge in [-0.3, -0.25) is 0 Å². The van der Waals surface area contributed by atoms with E-state index in [1.165, 1.54) is 6.07 Å². The zero-order chi connectivity index (χ0) is 10.3. The Labute approximate surface area is 86.3 Å². The van der Waals surface area contributed by atoms with Crippen LogP contribution >= 0.6 is 15.9 Å². The van der Waals surface area contributed by atoms with Crippen LogP contribution in [0.25, 0.3) is 11.0 Å². The summed E-state index contributed by atoms with van der Waals surface area (Å²) in [4.78, 5) is 0. The fraction of sp³-hybridized carbons (Fsp3) is 0.111. The molecule has 0 spiro atoms. The van der Waals surface area contributed by atoms with Gasteiger partial charge in [0.25, 0.3) is 0 Å². The highest BCUT2D eigenvalue weighted by Gasteiger charge is 2.15. The van der Waals surface area contributed by atoms with Gasteiger partial charge in [0.15, 0.2) is 11.4 Å². The molecule has 1 heterocycles. The third kappa shape index (κ3) is 1.33. The fourth-order valence-corrected chi connectivity index (χ4v) is 1.72. The number of furan rings is 1. The molecule has 0 aliphatic heterocycles. The standard InChI is InChI=1S/C9H5BrF2O2/c10-6-2-7(11)8(12)9-5(6)1-4(3-13)14-9/h1-2,13H,3H2. The van der Waals surface area contributed by atoms with Gasteiger partial charge in [-0.2, -0.15) is 4.39 Å². The first-order valence-corrected chi connectivity index (χ1v) is 4.59. The molecule has 2 aromatic rings. The predicted octanol–water partition coefficient (Wildman–Crippen LogP) is 2.97. The van der Waals surface area contributed by atoms with E-state index in [1.54, 1.807) is 0 Å². The summed E-state index contributed by atoms with van der Waals surface area (Å²) >= 11 is 3.08. The maximum absolute atomic E-state index is 13.2. The van der Waals surface area contributed by atoms with E-state index in [4.69, 9.17) is 9.52 Å². The molecule has 0 saturated heterocycles. The molecule has 14 heavy (non-hydrogen) atoms. The number of halogens is 3. The first-order valence-electron chi connectivity index (χ1n) is 3.80. The molecule has 0 bridgehead atoms. The van der Waals surface area contributed by atoms with Crippen LogP contribution < -0.4 is 0 Å². The number of fused-ring (bicyclic) bond motifs is 1. The van der Waals surface area contributed by atoms with E-state index in [-0.39, 0.29) is 18.0 Å². The normalized spacial score (nSPS) is 11.1. The van der Waals surface area contributed by atoms with E-state index >= 15 is 0 Å². The van der Waals surface area contributed by atoms with E-state index in [2.05, 4.69) is 15.9 Å². The van der Waals surface area contributed by atoms with Crippen molar-refractivity contribution in [2.24, 2.45) is 0 Å². The minimum Gasteiger partial charge on any atom is -0.455 e. The van der Waals surface area contributed by atoms with Crippen molar-refractivity contribution in [3.05, 3.63) is 34.0 Å². The van der Waals surface area contributed by atoms with Crippen LogP contribution in [0.3, 0.4) is 0 Å². The van der Waals surface area contributed by atoms with Gasteiger partial charge in [-0.05, 0) is 28.1 Å². The predicted molar refractivity (Wildman–Crippen MR) is 49.8 cm³/mol. The summed E-state index contributed by atoms with van der Waals surface area (Å²) in [6.07, 6.45) is 0. The van der Waals surface area contributed by atoms with Crippen LogP contribution in [0, 0.1) is 11.6 Å². The summed E-state index contributed by atoms with van der Waals surface area (Å²) in [6, 6.07) is 2.48. The molecule has 74 valence electrons. The summed E-state index contributed by atoms with van der Waals surface area (Å²) in [6.45, 7) is -0.345. The molecular weight excluding hydrogens is 258 g/mol. The van der Waals surface area contributed by atoms with Crippen molar-refractivity contribution in [2.45, 2.75) is 6.61 Å². The first-order chi connectivity index (χ1) is 6.63. The summed E-state index contributed by atoms with van der Waals surface area (Å²) < 4.78 is 31.4. The average molecular weight is 263 g/mol. The third-order valence-electron chi connectivity index (χ3n) is 1.86. The minimum atomic E-state index is -1.04. The van der Waals surface area contributed by atoms with Crippen molar-refractivity contribution in [3.8, 4) is 0 Å². The monoisotopic (exact) mass is 262 g/mol. The molecular formula is C9H5BrF2O2. The summed E-state index contributed by atoms with van der Waals surface area (Å²) in [7, 11) is 0. The fourth-order valence-electron chi connectivity index (χ4n) is 1.22. The number of benzene rings is 1. The Morgan fingerprint density at radius 2 is 2.07 bits per heavy atom. The molecule has 0 unspecified atom stereocenters. The van der Waals surface area contributed by atoms with Crippen LogP contribution in [0.15, 0.2) is 21.0 Å². The molecule has 1 N–H and O–H groups in total. The van der Waals surface area contributed by atoms with Crippen molar-refractivity contribution in [3.63, 3.8) is 0 Å². The highest BCUT2D eigenvalue weighted by atomic mass is 79.9. The second-order valence-corrected chi connectivity index (χ2v) is 3.62. The summed E-state index contributed by atoms with van der Waals surface area (Å²) in [5.74, 6) is -1.82. The molecule has 0 fully saturated rings. The average Bonchev–Trinajstić information content (AvgIpc) is 2.58. The van der Waals surface area contributed by atoms with Gasteiger partial charge in [0.2, 0.25) is 5.82 Å². The van der Waals surface area contributed by atoms with Gasteiger partial charge in [-0.1, -0.05) is 0 Å². The third-order valence-corrected chi connectivity index (χ3v) is 2.51. The topological polar surface area (TPSA) is 33.4 Å². The number of aliphatic hydroxyl groups excluding tert-OH is 1. The highest BCUT2D eigenvalue weighted by molar-refractivity contribution is 9.10. The lowest BCUT2D eigenvalue weighted by Gasteiger charge is -1.95. The molecule has 2 rings (SSSR count). The van der Waals surface area contributed by atoms with E-state index < -0.39 is 11.6 Å². The van der Waals surface area contributed by atoms with Crippen LogP contribution in [-0.4, -0.2) is 5.11 Å². The van der Waals surface area contributed by atoms with Crippen molar-refractivity contribution in [1.29, 1.82) is 0 Å². The van der Waals surface area contributed by atoms with E-state index in [9.17, 15) is 8.78 Å². The Kier molecular flexibility index (Phi) is 2.28. The first kappa shape index (κ1) is 9.61. The molecule has 1 aromatic carbocycles. The van der Waals surface area contributed by atoms with Gasteiger partial charge in [0.1, 0.15) is 12.4 Å². The van der Waals surface area contributed by atoms with Crippen LogP contribution in [0.1, 0.15) is 5.76 Å². The smallest absolute Gasteiger partial charge is 0.201 e. The van der Waals surface area contributed by atoms with Crippen molar-refractivity contribution >= 4 is 26.9 Å². The summed E-state index contributed by atoms with van der Waals surface area (Å²) in [5, 5.41) is 9.17. The molecule has 0 radical (unpaired) electrons. The zero-order valence-corrected chi connectivity index (χ0v) is 8.44. The molecule has 5 heteroatoms. The number of aliphatic hydroxyl groups is 1. The molecule has 0 aliphatic carbocycles. The van der Waals surface area contributed by atoms with Crippen molar-refractivity contribution < 1.29 is 18.3 Å². The van der Waals surface area contributed by atoms with Crippen LogP contribution in [0.4, 0.5) is 8.78 Å². The maximum atomic E-state index is 13.2. The van der Waals surface area contributed by atoms with Crippen LogP contribution in [-0.2, 0) is 6.61 Å². The van der Waals surface area contributed by atoms with Gasteiger partial charge in [-0.15, -0.1) is 0 Å². The van der Waals surface area contributed by atoms with Crippen LogP contribution in [0.5, 0.6) is 0 Å². The largest absolute Gasteiger partial charge is 0.455 e. The Hall–Kier alpha value is -0.940. The Morgan fingerprint density at radius 3 is 2.71 bits per heavy atom.